The Hall–Kier alpha value is -1.39. The van der Waals surface area contributed by atoms with Crippen LogP contribution in [0.1, 0.15) is 15.9 Å². The fourth-order valence-electron chi connectivity index (χ4n) is 1.16. The molecule has 0 spiro atoms. The van der Waals surface area contributed by atoms with Gasteiger partial charge < -0.3 is 15.2 Å². The summed E-state index contributed by atoms with van der Waals surface area (Å²) in [6.45, 7) is 1.86. The van der Waals surface area contributed by atoms with Crippen LogP contribution in [-0.2, 0) is 11.3 Å². The molecule has 4 heteroatoms. The predicted molar refractivity (Wildman–Crippen MR) is 57.0 cm³/mol. The Bertz CT molecular complexity index is 325. The van der Waals surface area contributed by atoms with Gasteiger partial charge in [0.15, 0.2) is 0 Å². The fraction of sp³-hybridized carbons (Fsp3) is 0.364. The monoisotopic (exact) mass is 209 g/mol. The maximum absolute atomic E-state index is 10.7. The largest absolute Gasteiger partial charge is 0.478 e. The highest BCUT2D eigenvalue weighted by Crippen LogP contribution is 2.06. The van der Waals surface area contributed by atoms with Gasteiger partial charge in [-0.2, -0.15) is 0 Å². The molecule has 0 heterocycles. The smallest absolute Gasteiger partial charge is 0.335 e. The van der Waals surface area contributed by atoms with Gasteiger partial charge in [0.1, 0.15) is 0 Å². The highest BCUT2D eigenvalue weighted by atomic mass is 16.5. The lowest BCUT2D eigenvalue weighted by atomic mass is 10.1. The molecule has 82 valence electrons. The molecule has 2 N–H and O–H groups in total. The number of hydrogen-bond donors (Lipinski definition) is 2. The number of benzene rings is 1. The van der Waals surface area contributed by atoms with Crippen molar-refractivity contribution in [2.75, 3.05) is 20.2 Å². The van der Waals surface area contributed by atoms with Gasteiger partial charge in [0.2, 0.25) is 0 Å². The normalized spacial score (nSPS) is 10.2. The molecule has 4 nitrogen and oxygen atoms in total. The average Bonchev–Trinajstić information content (AvgIpc) is 2.25. The molecule has 1 rings (SSSR count). The van der Waals surface area contributed by atoms with Gasteiger partial charge in [0.25, 0.3) is 0 Å². The molecule has 0 aliphatic carbocycles. The van der Waals surface area contributed by atoms with Gasteiger partial charge in [-0.25, -0.2) is 4.79 Å². The van der Waals surface area contributed by atoms with Crippen molar-refractivity contribution >= 4 is 5.97 Å². The standard InChI is InChI=1S/C11H15NO3/c1-12-5-6-15-8-9-3-2-4-10(7-9)11(13)14/h2-4,7,12H,5-6,8H2,1H3,(H,13,14). The van der Waals surface area contributed by atoms with Crippen molar-refractivity contribution in [3.8, 4) is 0 Å². The molecule has 0 bridgehead atoms. The van der Waals surface area contributed by atoms with E-state index >= 15 is 0 Å². The summed E-state index contributed by atoms with van der Waals surface area (Å²) in [7, 11) is 1.86. The fourth-order valence-corrected chi connectivity index (χ4v) is 1.16. The zero-order valence-electron chi connectivity index (χ0n) is 8.69. The van der Waals surface area contributed by atoms with Gasteiger partial charge in [-0.3, -0.25) is 0 Å². The predicted octanol–water partition coefficient (Wildman–Crippen LogP) is 1.12. The molecule has 0 atom stereocenters. The molecule has 1 aromatic carbocycles. The van der Waals surface area contributed by atoms with E-state index in [4.69, 9.17) is 9.84 Å². The van der Waals surface area contributed by atoms with E-state index in [1.807, 2.05) is 13.1 Å². The first-order valence-electron chi connectivity index (χ1n) is 4.78. The molecule has 0 radical (unpaired) electrons. The van der Waals surface area contributed by atoms with Crippen molar-refractivity contribution < 1.29 is 14.6 Å². The number of likely N-dealkylation sites (N-methyl/N-ethyl adjacent to an activating group) is 1. The third-order valence-corrected chi connectivity index (χ3v) is 1.94. The summed E-state index contributed by atoms with van der Waals surface area (Å²) in [5, 5.41) is 11.7. The molecule has 0 saturated carbocycles. The molecule has 1 aromatic rings. The second-order valence-corrected chi connectivity index (χ2v) is 3.16. The van der Waals surface area contributed by atoms with Crippen LogP contribution < -0.4 is 5.32 Å². The average molecular weight is 209 g/mol. The van der Waals surface area contributed by atoms with Crippen LogP contribution in [0.25, 0.3) is 0 Å². The second kappa shape index (κ2) is 6.16. The number of ether oxygens (including phenoxy) is 1. The number of hydrogen-bond acceptors (Lipinski definition) is 3. The Labute approximate surface area is 88.9 Å². The van der Waals surface area contributed by atoms with Crippen LogP contribution in [0, 0.1) is 0 Å². The summed E-state index contributed by atoms with van der Waals surface area (Å²) in [5.41, 5.74) is 1.18. The first-order valence-corrected chi connectivity index (χ1v) is 4.78. The SMILES string of the molecule is CNCCOCc1cccc(C(=O)O)c1. The summed E-state index contributed by atoms with van der Waals surface area (Å²) < 4.78 is 5.34. The molecule has 0 aromatic heterocycles. The van der Waals surface area contributed by atoms with Gasteiger partial charge in [-0.15, -0.1) is 0 Å². The first kappa shape index (κ1) is 11.7. The molecule has 15 heavy (non-hydrogen) atoms. The number of rotatable bonds is 6. The maximum atomic E-state index is 10.7. The third kappa shape index (κ3) is 4.10. The maximum Gasteiger partial charge on any atom is 0.335 e. The number of carboxylic acid groups (broad SMARTS) is 1. The van der Waals surface area contributed by atoms with Crippen molar-refractivity contribution in [2.24, 2.45) is 0 Å². The highest BCUT2D eigenvalue weighted by Gasteiger charge is 2.02. The summed E-state index contributed by atoms with van der Waals surface area (Å²) >= 11 is 0. The van der Waals surface area contributed by atoms with Gasteiger partial charge in [-0.1, -0.05) is 12.1 Å². The summed E-state index contributed by atoms with van der Waals surface area (Å²) in [4.78, 5) is 10.7. The van der Waals surface area contributed by atoms with Crippen molar-refractivity contribution in [2.45, 2.75) is 6.61 Å². The van der Waals surface area contributed by atoms with E-state index in [0.717, 1.165) is 12.1 Å². The van der Waals surface area contributed by atoms with Crippen LogP contribution in [0.2, 0.25) is 0 Å². The zero-order valence-corrected chi connectivity index (χ0v) is 8.69. The number of carboxylic acids is 1. The van der Waals surface area contributed by atoms with E-state index in [1.54, 1.807) is 18.2 Å². The summed E-state index contributed by atoms with van der Waals surface area (Å²) in [5.74, 6) is -0.910. The lowest BCUT2D eigenvalue weighted by Gasteiger charge is -2.04. The van der Waals surface area contributed by atoms with Gasteiger partial charge in [0.05, 0.1) is 18.8 Å². The van der Waals surface area contributed by atoms with E-state index in [-0.39, 0.29) is 0 Å². The molecule has 0 amide bonds. The quantitative estimate of drug-likeness (QED) is 0.689. The molecular weight excluding hydrogens is 194 g/mol. The molecular formula is C11H15NO3. The van der Waals surface area contributed by atoms with Gasteiger partial charge in [-0.05, 0) is 24.7 Å². The minimum Gasteiger partial charge on any atom is -0.478 e. The van der Waals surface area contributed by atoms with Crippen LogP contribution in [0.15, 0.2) is 24.3 Å². The van der Waals surface area contributed by atoms with Crippen molar-refractivity contribution in [3.63, 3.8) is 0 Å². The molecule has 0 aliphatic rings. The van der Waals surface area contributed by atoms with Gasteiger partial charge in [0, 0.05) is 6.54 Å². The third-order valence-electron chi connectivity index (χ3n) is 1.94. The molecule has 0 unspecified atom stereocenters. The van der Waals surface area contributed by atoms with Crippen LogP contribution >= 0.6 is 0 Å². The van der Waals surface area contributed by atoms with E-state index in [2.05, 4.69) is 5.32 Å². The summed E-state index contributed by atoms with van der Waals surface area (Å²) in [6.07, 6.45) is 0. The van der Waals surface area contributed by atoms with Gasteiger partial charge >= 0.3 is 5.97 Å². The number of nitrogens with one attached hydrogen (secondary N) is 1. The van der Waals surface area contributed by atoms with E-state index < -0.39 is 5.97 Å². The molecule has 0 fully saturated rings. The highest BCUT2D eigenvalue weighted by molar-refractivity contribution is 5.87. The van der Waals surface area contributed by atoms with E-state index in [0.29, 0.717) is 18.8 Å². The minimum atomic E-state index is -0.910. The Morgan fingerprint density at radius 3 is 3.00 bits per heavy atom. The lowest BCUT2D eigenvalue weighted by Crippen LogP contribution is -2.14. The zero-order chi connectivity index (χ0) is 11.1. The van der Waals surface area contributed by atoms with Crippen molar-refractivity contribution in [1.29, 1.82) is 0 Å². The first-order chi connectivity index (χ1) is 7.24. The Morgan fingerprint density at radius 2 is 2.33 bits per heavy atom. The topological polar surface area (TPSA) is 58.6 Å². The number of aromatic carboxylic acids is 1. The van der Waals surface area contributed by atoms with Crippen LogP contribution in [0.3, 0.4) is 0 Å². The summed E-state index contributed by atoms with van der Waals surface area (Å²) in [6, 6.07) is 6.77. The Balaban J connectivity index is 2.47. The van der Waals surface area contributed by atoms with Crippen LogP contribution in [0.5, 0.6) is 0 Å². The van der Waals surface area contributed by atoms with E-state index in [1.165, 1.54) is 0 Å². The second-order valence-electron chi connectivity index (χ2n) is 3.16. The van der Waals surface area contributed by atoms with Crippen LogP contribution in [-0.4, -0.2) is 31.3 Å². The molecule has 0 aliphatic heterocycles. The molecule has 0 saturated heterocycles. The van der Waals surface area contributed by atoms with Crippen molar-refractivity contribution in [3.05, 3.63) is 35.4 Å². The van der Waals surface area contributed by atoms with Crippen molar-refractivity contribution in [1.82, 2.24) is 5.32 Å². The van der Waals surface area contributed by atoms with E-state index in [9.17, 15) is 4.79 Å². The van der Waals surface area contributed by atoms with Crippen LogP contribution in [0.4, 0.5) is 0 Å². The Kier molecular flexibility index (Phi) is 4.80. The Morgan fingerprint density at radius 1 is 1.53 bits per heavy atom. The minimum absolute atomic E-state index is 0.296. The lowest BCUT2D eigenvalue weighted by molar-refractivity contribution is 0.0696. The number of carbonyl (C=O) groups is 1.